The third-order valence-electron chi connectivity index (χ3n) is 4.14. The van der Waals surface area contributed by atoms with Gasteiger partial charge < -0.3 is 10.1 Å². The van der Waals surface area contributed by atoms with Gasteiger partial charge in [0, 0.05) is 11.9 Å². The van der Waals surface area contributed by atoms with Gasteiger partial charge in [0.1, 0.15) is 17.9 Å². The lowest BCUT2D eigenvalue weighted by Crippen LogP contribution is -2.16. The molecule has 0 saturated carbocycles. The van der Waals surface area contributed by atoms with Gasteiger partial charge in [0.2, 0.25) is 0 Å². The zero-order chi connectivity index (χ0) is 20.4. The fourth-order valence-electron chi connectivity index (χ4n) is 2.94. The normalized spacial score (nSPS) is 11.6. The van der Waals surface area contributed by atoms with Crippen LogP contribution in [0, 0.1) is 6.92 Å². The molecule has 0 radical (unpaired) electrons. The molecule has 148 valence electrons. The van der Waals surface area contributed by atoms with Crippen molar-refractivity contribution >= 4 is 22.5 Å². The Hall–Kier alpha value is -3.62. The SMILES string of the molecule is Cc1cccc(Cn2cc3c(Nc4ccc(OC(F)(F)F)cc4)ncnc3n2)c1. The zero-order valence-electron chi connectivity index (χ0n) is 15.3. The third-order valence-corrected chi connectivity index (χ3v) is 4.14. The van der Waals surface area contributed by atoms with E-state index in [2.05, 4.69) is 31.2 Å². The van der Waals surface area contributed by atoms with E-state index < -0.39 is 6.36 Å². The molecular weight excluding hydrogens is 383 g/mol. The van der Waals surface area contributed by atoms with Crippen molar-refractivity contribution in [3.05, 3.63) is 72.2 Å². The summed E-state index contributed by atoms with van der Waals surface area (Å²) in [7, 11) is 0. The number of nitrogens with zero attached hydrogens (tertiary/aromatic N) is 4. The van der Waals surface area contributed by atoms with Crippen molar-refractivity contribution in [3.63, 3.8) is 0 Å². The quantitative estimate of drug-likeness (QED) is 0.521. The number of ether oxygens (including phenoxy) is 1. The molecule has 0 aliphatic rings. The molecule has 4 aromatic rings. The summed E-state index contributed by atoms with van der Waals surface area (Å²) in [6.07, 6.45) is -1.50. The van der Waals surface area contributed by atoms with E-state index in [9.17, 15) is 13.2 Å². The van der Waals surface area contributed by atoms with Gasteiger partial charge in [0.15, 0.2) is 5.65 Å². The van der Waals surface area contributed by atoms with Crippen LogP contribution in [0.5, 0.6) is 5.75 Å². The molecule has 0 spiro atoms. The monoisotopic (exact) mass is 399 g/mol. The van der Waals surface area contributed by atoms with E-state index >= 15 is 0 Å². The smallest absolute Gasteiger partial charge is 0.406 e. The van der Waals surface area contributed by atoms with E-state index in [-0.39, 0.29) is 5.75 Å². The molecule has 6 nitrogen and oxygen atoms in total. The number of rotatable bonds is 5. The first-order valence-electron chi connectivity index (χ1n) is 8.72. The maximum Gasteiger partial charge on any atom is 0.573 e. The lowest BCUT2D eigenvalue weighted by Gasteiger charge is -2.10. The first-order valence-corrected chi connectivity index (χ1v) is 8.72. The second kappa shape index (κ2) is 7.42. The van der Waals surface area contributed by atoms with E-state index in [1.165, 1.54) is 36.2 Å². The minimum absolute atomic E-state index is 0.290. The molecule has 0 aliphatic carbocycles. The van der Waals surface area contributed by atoms with Crippen molar-refractivity contribution in [2.75, 3.05) is 5.32 Å². The van der Waals surface area contributed by atoms with Crippen LogP contribution in [-0.2, 0) is 6.54 Å². The van der Waals surface area contributed by atoms with Gasteiger partial charge in [0.05, 0.1) is 11.9 Å². The molecule has 0 amide bonds. The summed E-state index contributed by atoms with van der Waals surface area (Å²) in [5.41, 5.74) is 3.36. The van der Waals surface area contributed by atoms with Crippen LogP contribution in [0.3, 0.4) is 0 Å². The number of alkyl halides is 3. The fourth-order valence-corrected chi connectivity index (χ4v) is 2.94. The molecule has 0 bridgehead atoms. The molecule has 29 heavy (non-hydrogen) atoms. The highest BCUT2D eigenvalue weighted by molar-refractivity contribution is 5.87. The Balaban J connectivity index is 1.55. The number of benzene rings is 2. The maximum absolute atomic E-state index is 12.3. The van der Waals surface area contributed by atoms with Crippen LogP contribution >= 0.6 is 0 Å². The Morgan fingerprint density at radius 1 is 1.07 bits per heavy atom. The zero-order valence-corrected chi connectivity index (χ0v) is 15.3. The molecule has 2 heterocycles. The minimum Gasteiger partial charge on any atom is -0.406 e. The van der Waals surface area contributed by atoms with Crippen molar-refractivity contribution in [1.29, 1.82) is 0 Å². The van der Waals surface area contributed by atoms with E-state index in [4.69, 9.17) is 0 Å². The van der Waals surface area contributed by atoms with Crippen LogP contribution in [0.2, 0.25) is 0 Å². The Labute approximate surface area is 164 Å². The second-order valence-electron chi connectivity index (χ2n) is 6.47. The molecule has 0 saturated heterocycles. The van der Waals surface area contributed by atoms with Crippen LogP contribution < -0.4 is 10.1 Å². The summed E-state index contributed by atoms with van der Waals surface area (Å²) in [6, 6.07) is 13.5. The molecule has 9 heteroatoms. The Kier molecular flexibility index (Phi) is 4.79. The summed E-state index contributed by atoms with van der Waals surface area (Å²) >= 11 is 0. The molecule has 0 atom stereocenters. The molecular formula is C20H16F3N5O. The number of anilines is 2. The first-order chi connectivity index (χ1) is 13.9. The van der Waals surface area contributed by atoms with Gasteiger partial charge in [-0.05, 0) is 36.8 Å². The average molecular weight is 399 g/mol. The molecule has 1 N–H and O–H groups in total. The summed E-state index contributed by atoms with van der Waals surface area (Å²) in [4.78, 5) is 8.42. The van der Waals surface area contributed by atoms with Gasteiger partial charge in [-0.1, -0.05) is 29.8 Å². The van der Waals surface area contributed by atoms with Crippen molar-refractivity contribution in [1.82, 2.24) is 19.7 Å². The van der Waals surface area contributed by atoms with Crippen molar-refractivity contribution in [2.45, 2.75) is 19.8 Å². The van der Waals surface area contributed by atoms with Crippen LogP contribution in [0.1, 0.15) is 11.1 Å². The summed E-state index contributed by atoms with van der Waals surface area (Å²) in [6.45, 7) is 2.61. The summed E-state index contributed by atoms with van der Waals surface area (Å²) in [5.74, 6) is 0.219. The number of aromatic nitrogens is 4. The Bertz CT molecular complexity index is 1140. The number of nitrogens with one attached hydrogen (secondary N) is 1. The topological polar surface area (TPSA) is 64.9 Å². The van der Waals surface area contributed by atoms with Crippen molar-refractivity contribution < 1.29 is 17.9 Å². The molecule has 2 aromatic carbocycles. The summed E-state index contributed by atoms with van der Waals surface area (Å²) in [5, 5.41) is 8.26. The van der Waals surface area contributed by atoms with Crippen LogP contribution in [-0.4, -0.2) is 26.1 Å². The predicted molar refractivity (Wildman–Crippen MR) is 102 cm³/mol. The molecule has 0 fully saturated rings. The van der Waals surface area contributed by atoms with E-state index in [0.717, 1.165) is 5.56 Å². The number of hydrogen-bond donors (Lipinski definition) is 1. The number of fused-ring (bicyclic) bond motifs is 1. The number of hydrogen-bond acceptors (Lipinski definition) is 5. The average Bonchev–Trinajstić information content (AvgIpc) is 3.05. The van der Waals surface area contributed by atoms with E-state index in [1.807, 2.05) is 31.3 Å². The van der Waals surface area contributed by atoms with Gasteiger partial charge in [-0.15, -0.1) is 13.2 Å². The highest BCUT2D eigenvalue weighted by Crippen LogP contribution is 2.27. The number of halogens is 3. The van der Waals surface area contributed by atoms with Gasteiger partial charge in [-0.2, -0.15) is 5.10 Å². The fraction of sp³-hybridized carbons (Fsp3) is 0.150. The lowest BCUT2D eigenvalue weighted by atomic mass is 10.1. The second-order valence-corrected chi connectivity index (χ2v) is 6.47. The van der Waals surface area contributed by atoms with Crippen molar-refractivity contribution in [2.24, 2.45) is 0 Å². The summed E-state index contributed by atoms with van der Waals surface area (Å²) < 4.78 is 42.5. The highest BCUT2D eigenvalue weighted by Gasteiger charge is 2.30. The molecule has 2 aromatic heterocycles. The first kappa shape index (κ1) is 18.7. The van der Waals surface area contributed by atoms with Gasteiger partial charge >= 0.3 is 6.36 Å². The van der Waals surface area contributed by atoms with Crippen LogP contribution in [0.4, 0.5) is 24.7 Å². The van der Waals surface area contributed by atoms with Gasteiger partial charge in [-0.3, -0.25) is 4.68 Å². The van der Waals surface area contributed by atoms with Gasteiger partial charge in [0.25, 0.3) is 0 Å². The molecule has 0 unspecified atom stereocenters. The van der Waals surface area contributed by atoms with E-state index in [0.29, 0.717) is 29.1 Å². The minimum atomic E-state index is -4.72. The standard InChI is InChI=1S/C20H16F3N5O/c1-13-3-2-4-14(9-13)10-28-11-17-18(24-12-25-19(17)27-28)26-15-5-7-16(8-6-15)29-20(21,22)23/h2-9,11-12H,10H2,1H3,(H,24,25,26,27). The van der Waals surface area contributed by atoms with Gasteiger partial charge in [-0.25, -0.2) is 9.97 Å². The Morgan fingerprint density at radius 2 is 1.86 bits per heavy atom. The molecule has 0 aliphatic heterocycles. The van der Waals surface area contributed by atoms with Crippen molar-refractivity contribution in [3.8, 4) is 5.75 Å². The maximum atomic E-state index is 12.3. The largest absolute Gasteiger partial charge is 0.573 e. The number of aryl methyl sites for hydroxylation is 1. The van der Waals surface area contributed by atoms with E-state index in [1.54, 1.807) is 4.68 Å². The Morgan fingerprint density at radius 3 is 2.59 bits per heavy atom. The predicted octanol–water partition coefficient (Wildman–Crippen LogP) is 4.83. The van der Waals surface area contributed by atoms with Crippen LogP contribution in [0.15, 0.2) is 61.1 Å². The third kappa shape index (κ3) is 4.63. The highest BCUT2D eigenvalue weighted by atomic mass is 19.4. The van der Waals surface area contributed by atoms with Crippen LogP contribution in [0.25, 0.3) is 11.0 Å². The molecule has 4 rings (SSSR count). The lowest BCUT2D eigenvalue weighted by molar-refractivity contribution is -0.274.